The van der Waals surface area contributed by atoms with Crippen molar-refractivity contribution >= 4 is 0 Å². The van der Waals surface area contributed by atoms with Crippen molar-refractivity contribution in [3.05, 3.63) is 65.5 Å². The van der Waals surface area contributed by atoms with Gasteiger partial charge in [0.1, 0.15) is 11.6 Å². The molecule has 112 valence electrons. The third kappa shape index (κ3) is 3.82. The summed E-state index contributed by atoms with van der Waals surface area (Å²) in [5, 5.41) is 3.50. The van der Waals surface area contributed by atoms with Crippen LogP contribution in [0.25, 0.3) is 0 Å². The fraction of sp³-hybridized carbons (Fsp3) is 0.333. The van der Waals surface area contributed by atoms with Crippen LogP contribution in [0.4, 0.5) is 4.39 Å². The second-order valence-corrected chi connectivity index (χ2v) is 5.14. The highest BCUT2D eigenvalue weighted by atomic mass is 19.1. The normalized spacial score (nSPS) is 13.7. The first-order valence-corrected chi connectivity index (χ1v) is 7.30. The molecule has 2 rings (SSSR count). The lowest BCUT2D eigenvalue weighted by molar-refractivity contribution is 0.413. The SMILES string of the molecule is CCC(N[C@H](C)c1ccccc1F)c1ccc(OC)cc1. The second-order valence-electron chi connectivity index (χ2n) is 5.14. The lowest BCUT2D eigenvalue weighted by Gasteiger charge is -2.23. The smallest absolute Gasteiger partial charge is 0.127 e. The van der Waals surface area contributed by atoms with E-state index in [9.17, 15) is 4.39 Å². The zero-order chi connectivity index (χ0) is 15.2. The van der Waals surface area contributed by atoms with Crippen LogP contribution in [0.3, 0.4) is 0 Å². The lowest BCUT2D eigenvalue weighted by atomic mass is 10.0. The zero-order valence-corrected chi connectivity index (χ0v) is 12.8. The quantitative estimate of drug-likeness (QED) is 0.836. The molecule has 3 heteroatoms. The molecule has 0 radical (unpaired) electrons. The number of nitrogens with one attached hydrogen (secondary N) is 1. The van der Waals surface area contributed by atoms with Crippen LogP contribution < -0.4 is 10.1 Å². The topological polar surface area (TPSA) is 21.3 Å². The summed E-state index contributed by atoms with van der Waals surface area (Å²) in [6.45, 7) is 4.11. The minimum atomic E-state index is -0.165. The highest BCUT2D eigenvalue weighted by Gasteiger charge is 2.16. The van der Waals surface area contributed by atoms with Gasteiger partial charge in [-0.2, -0.15) is 0 Å². The molecule has 0 aliphatic heterocycles. The molecule has 0 spiro atoms. The molecule has 0 bridgehead atoms. The Morgan fingerprint density at radius 1 is 1.10 bits per heavy atom. The highest BCUT2D eigenvalue weighted by Crippen LogP contribution is 2.25. The van der Waals surface area contributed by atoms with Crippen molar-refractivity contribution in [3.63, 3.8) is 0 Å². The van der Waals surface area contributed by atoms with Crippen LogP contribution in [0, 0.1) is 5.82 Å². The van der Waals surface area contributed by atoms with Crippen molar-refractivity contribution in [2.45, 2.75) is 32.4 Å². The Morgan fingerprint density at radius 3 is 2.33 bits per heavy atom. The summed E-state index contributed by atoms with van der Waals surface area (Å²) in [6.07, 6.45) is 0.936. The molecule has 1 N–H and O–H groups in total. The Kier molecular flexibility index (Phi) is 5.34. The van der Waals surface area contributed by atoms with Gasteiger partial charge in [0, 0.05) is 17.6 Å². The predicted molar refractivity (Wildman–Crippen MR) is 84.0 cm³/mol. The first-order valence-electron chi connectivity index (χ1n) is 7.30. The summed E-state index contributed by atoms with van der Waals surface area (Å²) in [5.41, 5.74) is 1.88. The molecule has 21 heavy (non-hydrogen) atoms. The van der Waals surface area contributed by atoms with E-state index in [0.29, 0.717) is 5.56 Å². The van der Waals surface area contributed by atoms with Crippen LogP contribution in [0.1, 0.15) is 43.5 Å². The zero-order valence-electron chi connectivity index (χ0n) is 12.8. The molecular formula is C18H22FNO. The van der Waals surface area contributed by atoms with E-state index in [4.69, 9.17) is 4.74 Å². The van der Waals surface area contributed by atoms with Crippen molar-refractivity contribution in [2.24, 2.45) is 0 Å². The Bertz CT molecular complexity index is 568. The molecule has 0 saturated heterocycles. The number of ether oxygens (including phenoxy) is 1. The highest BCUT2D eigenvalue weighted by molar-refractivity contribution is 5.29. The summed E-state index contributed by atoms with van der Waals surface area (Å²) in [5.74, 6) is 0.679. The van der Waals surface area contributed by atoms with Gasteiger partial charge in [0.2, 0.25) is 0 Å². The number of hydrogen-bond donors (Lipinski definition) is 1. The van der Waals surface area contributed by atoms with Crippen molar-refractivity contribution in [1.82, 2.24) is 5.32 Å². The maximum absolute atomic E-state index is 13.8. The van der Waals surface area contributed by atoms with Gasteiger partial charge in [-0.1, -0.05) is 37.3 Å². The molecule has 0 heterocycles. The molecular weight excluding hydrogens is 265 g/mol. The van der Waals surface area contributed by atoms with Crippen LogP contribution >= 0.6 is 0 Å². The molecule has 0 amide bonds. The van der Waals surface area contributed by atoms with Crippen molar-refractivity contribution in [3.8, 4) is 5.75 Å². The molecule has 1 unspecified atom stereocenters. The van der Waals surface area contributed by atoms with Crippen molar-refractivity contribution < 1.29 is 9.13 Å². The first kappa shape index (κ1) is 15.5. The van der Waals surface area contributed by atoms with Gasteiger partial charge in [-0.15, -0.1) is 0 Å². The maximum Gasteiger partial charge on any atom is 0.127 e. The van der Waals surface area contributed by atoms with Crippen molar-refractivity contribution in [2.75, 3.05) is 7.11 Å². The Morgan fingerprint density at radius 2 is 1.76 bits per heavy atom. The van der Waals surface area contributed by atoms with Gasteiger partial charge in [-0.25, -0.2) is 4.39 Å². The summed E-state index contributed by atoms with van der Waals surface area (Å²) < 4.78 is 19.0. The molecule has 0 aliphatic rings. The molecule has 2 aromatic carbocycles. The summed E-state index contributed by atoms with van der Waals surface area (Å²) >= 11 is 0. The summed E-state index contributed by atoms with van der Waals surface area (Å²) in [4.78, 5) is 0. The van der Waals surface area contributed by atoms with E-state index >= 15 is 0 Å². The van der Waals surface area contributed by atoms with Crippen LogP contribution in [0.15, 0.2) is 48.5 Å². The number of benzene rings is 2. The predicted octanol–water partition coefficient (Wildman–Crippen LogP) is 4.64. The largest absolute Gasteiger partial charge is 0.497 e. The number of halogens is 1. The van der Waals surface area contributed by atoms with Crippen LogP contribution in [-0.2, 0) is 0 Å². The second kappa shape index (κ2) is 7.23. The van der Waals surface area contributed by atoms with E-state index in [1.807, 2.05) is 43.3 Å². The van der Waals surface area contributed by atoms with Gasteiger partial charge in [0.05, 0.1) is 7.11 Å². The standard InChI is InChI=1S/C18H22FNO/c1-4-18(14-9-11-15(21-3)12-10-14)20-13(2)16-7-5-6-8-17(16)19/h5-13,18,20H,4H2,1-3H3/t13-,18?/m1/s1. The van der Waals surface area contributed by atoms with E-state index < -0.39 is 0 Å². The average molecular weight is 287 g/mol. The third-order valence-corrected chi connectivity index (χ3v) is 3.75. The number of methoxy groups -OCH3 is 1. The summed E-state index contributed by atoms with van der Waals surface area (Å²) in [6, 6.07) is 15.1. The van der Waals surface area contributed by atoms with Gasteiger partial charge in [-0.3, -0.25) is 0 Å². The number of rotatable bonds is 6. The Labute approximate surface area is 126 Å². The fourth-order valence-corrected chi connectivity index (χ4v) is 2.50. The third-order valence-electron chi connectivity index (χ3n) is 3.75. The molecule has 0 fully saturated rings. The van der Waals surface area contributed by atoms with Crippen molar-refractivity contribution in [1.29, 1.82) is 0 Å². The minimum absolute atomic E-state index is 0.0433. The van der Waals surface area contributed by atoms with Crippen LogP contribution in [0.2, 0.25) is 0 Å². The first-order chi connectivity index (χ1) is 10.2. The number of hydrogen-bond acceptors (Lipinski definition) is 2. The monoisotopic (exact) mass is 287 g/mol. The Balaban J connectivity index is 2.13. The average Bonchev–Trinajstić information content (AvgIpc) is 2.53. The van der Waals surface area contributed by atoms with E-state index in [1.54, 1.807) is 13.2 Å². The molecule has 2 atom stereocenters. The fourth-order valence-electron chi connectivity index (χ4n) is 2.50. The summed E-state index contributed by atoms with van der Waals surface area (Å²) in [7, 11) is 1.66. The van der Waals surface area contributed by atoms with E-state index in [-0.39, 0.29) is 17.9 Å². The van der Waals surface area contributed by atoms with E-state index in [2.05, 4.69) is 12.2 Å². The molecule has 0 aromatic heterocycles. The van der Waals surface area contributed by atoms with Gasteiger partial charge < -0.3 is 10.1 Å². The Hall–Kier alpha value is -1.87. The van der Waals surface area contributed by atoms with Gasteiger partial charge in [0.15, 0.2) is 0 Å². The van der Waals surface area contributed by atoms with Crippen LogP contribution in [0.5, 0.6) is 5.75 Å². The van der Waals surface area contributed by atoms with Gasteiger partial charge in [0.25, 0.3) is 0 Å². The van der Waals surface area contributed by atoms with Gasteiger partial charge >= 0.3 is 0 Å². The molecule has 2 aromatic rings. The molecule has 0 aliphatic carbocycles. The van der Waals surface area contributed by atoms with Crippen LogP contribution in [-0.4, -0.2) is 7.11 Å². The van der Waals surface area contributed by atoms with Gasteiger partial charge in [-0.05, 0) is 37.1 Å². The maximum atomic E-state index is 13.8. The molecule has 0 saturated carbocycles. The molecule has 2 nitrogen and oxygen atoms in total. The lowest BCUT2D eigenvalue weighted by Crippen LogP contribution is -2.24. The van der Waals surface area contributed by atoms with E-state index in [0.717, 1.165) is 12.2 Å². The van der Waals surface area contributed by atoms with E-state index in [1.165, 1.54) is 11.6 Å². The minimum Gasteiger partial charge on any atom is -0.497 e.